The van der Waals surface area contributed by atoms with E-state index in [4.69, 9.17) is 5.73 Å². The lowest BCUT2D eigenvalue weighted by molar-refractivity contribution is 0.192. The number of para-hydroxylation sites is 1. The largest absolute Gasteiger partial charge is 0.396 e. The number of aromatic nitrogens is 1. The maximum absolute atomic E-state index is 10.1. The number of rotatable bonds is 4. The first-order valence-corrected chi connectivity index (χ1v) is 7.27. The molecule has 4 nitrogen and oxygen atoms in total. The van der Waals surface area contributed by atoms with Crippen molar-refractivity contribution in [2.75, 3.05) is 17.6 Å². The van der Waals surface area contributed by atoms with Gasteiger partial charge in [0.05, 0.1) is 29.2 Å². The van der Waals surface area contributed by atoms with Crippen molar-refractivity contribution in [3.63, 3.8) is 0 Å². The van der Waals surface area contributed by atoms with Gasteiger partial charge < -0.3 is 16.2 Å². The van der Waals surface area contributed by atoms with Gasteiger partial charge in [-0.3, -0.25) is 4.98 Å². The Labute approximate surface area is 120 Å². The lowest BCUT2D eigenvalue weighted by Gasteiger charge is -2.15. The van der Waals surface area contributed by atoms with Gasteiger partial charge in [-0.15, -0.1) is 0 Å². The van der Waals surface area contributed by atoms with Crippen LogP contribution >= 0.6 is 11.3 Å². The van der Waals surface area contributed by atoms with Gasteiger partial charge in [-0.1, -0.05) is 18.2 Å². The third kappa shape index (κ3) is 2.45. The maximum atomic E-state index is 10.1. The number of hydrogen-bond donors (Lipinski definition) is 3. The standard InChI is InChI=1S/C15H15N3OS/c16-12-7-17-13-4-2-1-3-11(13)15(12)18-8-14(19)10-5-6-20-9-10/h1-7,9,14,19H,8,16H2,(H,17,18). The van der Waals surface area contributed by atoms with Gasteiger partial charge in [-0.05, 0) is 28.5 Å². The minimum Gasteiger partial charge on any atom is -0.396 e. The number of anilines is 2. The van der Waals surface area contributed by atoms with Gasteiger partial charge in [0.1, 0.15) is 0 Å². The first-order chi connectivity index (χ1) is 9.75. The predicted molar refractivity (Wildman–Crippen MR) is 83.9 cm³/mol. The molecular formula is C15H15N3OS. The topological polar surface area (TPSA) is 71.2 Å². The van der Waals surface area contributed by atoms with Crippen molar-refractivity contribution < 1.29 is 5.11 Å². The zero-order chi connectivity index (χ0) is 13.9. The number of nitrogens with zero attached hydrogens (tertiary/aromatic N) is 1. The minimum absolute atomic E-state index is 0.412. The zero-order valence-corrected chi connectivity index (χ0v) is 11.6. The van der Waals surface area contributed by atoms with E-state index in [1.807, 2.05) is 41.1 Å². The Balaban J connectivity index is 1.85. The summed E-state index contributed by atoms with van der Waals surface area (Å²) in [5.41, 5.74) is 9.20. The molecule has 1 atom stereocenters. The van der Waals surface area contributed by atoms with E-state index in [0.29, 0.717) is 12.2 Å². The van der Waals surface area contributed by atoms with E-state index >= 15 is 0 Å². The van der Waals surface area contributed by atoms with Gasteiger partial charge in [-0.25, -0.2) is 0 Å². The van der Waals surface area contributed by atoms with Gasteiger partial charge in [0.2, 0.25) is 0 Å². The number of benzene rings is 1. The smallest absolute Gasteiger partial charge is 0.0970 e. The summed E-state index contributed by atoms with van der Waals surface area (Å²) in [6, 6.07) is 9.72. The highest BCUT2D eigenvalue weighted by Gasteiger charge is 2.10. The summed E-state index contributed by atoms with van der Waals surface area (Å²) in [4.78, 5) is 4.29. The molecule has 0 fully saturated rings. The molecule has 102 valence electrons. The van der Waals surface area contributed by atoms with Gasteiger partial charge >= 0.3 is 0 Å². The highest BCUT2D eigenvalue weighted by atomic mass is 32.1. The fraction of sp³-hybridized carbons (Fsp3) is 0.133. The third-order valence-corrected chi connectivity index (χ3v) is 3.91. The van der Waals surface area contributed by atoms with Crippen molar-refractivity contribution in [2.24, 2.45) is 0 Å². The van der Waals surface area contributed by atoms with Crippen LogP contribution in [0.4, 0.5) is 11.4 Å². The van der Waals surface area contributed by atoms with Crippen molar-refractivity contribution >= 4 is 33.6 Å². The quantitative estimate of drug-likeness (QED) is 0.689. The molecule has 1 unspecified atom stereocenters. The molecule has 4 N–H and O–H groups in total. The van der Waals surface area contributed by atoms with Crippen LogP contribution in [0.2, 0.25) is 0 Å². The SMILES string of the molecule is Nc1cnc2ccccc2c1NCC(O)c1ccsc1. The highest BCUT2D eigenvalue weighted by molar-refractivity contribution is 7.07. The normalized spacial score (nSPS) is 12.4. The summed E-state index contributed by atoms with van der Waals surface area (Å²) in [7, 11) is 0. The van der Waals surface area contributed by atoms with Crippen molar-refractivity contribution in [1.82, 2.24) is 4.98 Å². The first-order valence-electron chi connectivity index (χ1n) is 6.33. The molecule has 3 rings (SSSR count). The van der Waals surface area contributed by atoms with E-state index in [1.54, 1.807) is 17.5 Å². The van der Waals surface area contributed by atoms with Gasteiger partial charge in [0.25, 0.3) is 0 Å². The Kier molecular flexibility index (Phi) is 3.54. The Hall–Kier alpha value is -2.11. The van der Waals surface area contributed by atoms with Crippen LogP contribution in [-0.4, -0.2) is 16.6 Å². The monoisotopic (exact) mass is 285 g/mol. The summed E-state index contributed by atoms with van der Waals surface area (Å²) < 4.78 is 0. The van der Waals surface area contributed by atoms with E-state index in [0.717, 1.165) is 22.2 Å². The predicted octanol–water partition coefficient (Wildman–Crippen LogP) is 3.02. The number of nitrogens with one attached hydrogen (secondary N) is 1. The molecule has 5 heteroatoms. The Morgan fingerprint density at radius 1 is 1.30 bits per heavy atom. The van der Waals surface area contributed by atoms with Gasteiger partial charge in [0.15, 0.2) is 0 Å². The lowest BCUT2D eigenvalue weighted by Crippen LogP contribution is -2.13. The van der Waals surface area contributed by atoms with Crippen LogP contribution in [0.1, 0.15) is 11.7 Å². The molecule has 3 aromatic rings. The second kappa shape index (κ2) is 5.48. The molecule has 1 aromatic carbocycles. The van der Waals surface area contributed by atoms with E-state index in [1.165, 1.54) is 0 Å². The molecule has 2 aromatic heterocycles. The molecule has 0 aliphatic rings. The second-order valence-electron chi connectivity index (χ2n) is 4.56. The van der Waals surface area contributed by atoms with Crippen molar-refractivity contribution in [3.8, 4) is 0 Å². The van der Waals surface area contributed by atoms with Crippen molar-refractivity contribution in [3.05, 3.63) is 52.9 Å². The fourth-order valence-electron chi connectivity index (χ4n) is 2.14. The van der Waals surface area contributed by atoms with Crippen LogP contribution in [0.25, 0.3) is 10.9 Å². The maximum Gasteiger partial charge on any atom is 0.0970 e. The summed E-state index contributed by atoms with van der Waals surface area (Å²) in [5.74, 6) is 0. The van der Waals surface area contributed by atoms with Crippen LogP contribution in [0, 0.1) is 0 Å². The van der Waals surface area contributed by atoms with Crippen LogP contribution in [-0.2, 0) is 0 Å². The Morgan fingerprint density at radius 2 is 2.15 bits per heavy atom. The number of pyridine rings is 1. The number of aliphatic hydroxyl groups excluding tert-OH is 1. The molecule has 0 aliphatic heterocycles. The average Bonchev–Trinajstić information content (AvgIpc) is 3.00. The van der Waals surface area contributed by atoms with Crippen LogP contribution in [0.3, 0.4) is 0 Å². The van der Waals surface area contributed by atoms with Crippen LogP contribution < -0.4 is 11.1 Å². The van der Waals surface area contributed by atoms with E-state index < -0.39 is 6.10 Å². The average molecular weight is 285 g/mol. The molecule has 0 bridgehead atoms. The molecule has 20 heavy (non-hydrogen) atoms. The van der Waals surface area contributed by atoms with Crippen LogP contribution in [0.5, 0.6) is 0 Å². The number of aliphatic hydroxyl groups is 1. The van der Waals surface area contributed by atoms with Crippen molar-refractivity contribution in [2.45, 2.75) is 6.10 Å². The van der Waals surface area contributed by atoms with E-state index in [-0.39, 0.29) is 0 Å². The molecule has 0 aliphatic carbocycles. The number of hydrogen-bond acceptors (Lipinski definition) is 5. The molecule has 0 saturated heterocycles. The molecule has 0 spiro atoms. The second-order valence-corrected chi connectivity index (χ2v) is 5.34. The van der Waals surface area contributed by atoms with E-state index in [2.05, 4.69) is 10.3 Å². The molecule has 0 radical (unpaired) electrons. The number of fused-ring (bicyclic) bond motifs is 1. The number of nitrogens with two attached hydrogens (primary N) is 1. The molecule has 0 amide bonds. The summed E-state index contributed by atoms with van der Waals surface area (Å²) in [6.45, 7) is 0.412. The first kappa shape index (κ1) is 12.9. The Morgan fingerprint density at radius 3 is 2.95 bits per heavy atom. The summed E-state index contributed by atoms with van der Waals surface area (Å²) >= 11 is 1.57. The highest BCUT2D eigenvalue weighted by Crippen LogP contribution is 2.28. The zero-order valence-electron chi connectivity index (χ0n) is 10.8. The number of thiophene rings is 1. The number of nitrogen functional groups attached to an aromatic ring is 1. The van der Waals surface area contributed by atoms with E-state index in [9.17, 15) is 5.11 Å². The van der Waals surface area contributed by atoms with Crippen LogP contribution in [0.15, 0.2) is 47.3 Å². The summed E-state index contributed by atoms with van der Waals surface area (Å²) in [6.07, 6.45) is 1.09. The molecule has 2 heterocycles. The van der Waals surface area contributed by atoms with Gasteiger partial charge in [-0.2, -0.15) is 11.3 Å². The van der Waals surface area contributed by atoms with Gasteiger partial charge in [0, 0.05) is 11.9 Å². The molecule has 0 saturated carbocycles. The van der Waals surface area contributed by atoms with Crippen molar-refractivity contribution in [1.29, 1.82) is 0 Å². The summed E-state index contributed by atoms with van der Waals surface area (Å²) in [5, 5.41) is 18.2. The lowest BCUT2D eigenvalue weighted by atomic mass is 10.1. The molecular weight excluding hydrogens is 270 g/mol. The Bertz CT molecular complexity index is 712. The fourth-order valence-corrected chi connectivity index (χ4v) is 2.84. The minimum atomic E-state index is -0.549. The third-order valence-electron chi connectivity index (χ3n) is 3.20.